The first-order valence-corrected chi connectivity index (χ1v) is 7.15. The third-order valence-electron chi connectivity index (χ3n) is 3.52. The van der Waals surface area contributed by atoms with E-state index in [-0.39, 0.29) is 23.0 Å². The minimum atomic E-state index is -0.763. The zero-order valence-electron chi connectivity index (χ0n) is 11.8. The predicted octanol–water partition coefficient (Wildman–Crippen LogP) is 1.37. The molecule has 0 bridgehead atoms. The van der Waals surface area contributed by atoms with Crippen molar-refractivity contribution in [1.82, 2.24) is 14.9 Å². The maximum atomic E-state index is 13.3. The smallest absolute Gasteiger partial charge is 0.286 e. The fraction of sp³-hybridized carbons (Fsp3) is 0.200. The minimum Gasteiger partial charge on any atom is -0.363 e. The van der Waals surface area contributed by atoms with E-state index in [0.29, 0.717) is 18.7 Å². The van der Waals surface area contributed by atoms with Gasteiger partial charge in [-0.3, -0.25) is 9.59 Å². The summed E-state index contributed by atoms with van der Waals surface area (Å²) in [4.78, 5) is 33.0. The van der Waals surface area contributed by atoms with E-state index in [1.807, 2.05) is 0 Å². The molecular weight excluding hydrogens is 323 g/mol. The number of aromatic nitrogens is 2. The Hall–Kier alpha value is -2.54. The number of primary amides is 1. The van der Waals surface area contributed by atoms with Gasteiger partial charge in [0.05, 0.1) is 29.0 Å². The normalized spacial score (nSPS) is 13.6. The van der Waals surface area contributed by atoms with Gasteiger partial charge < -0.3 is 10.6 Å². The molecule has 117 valence electrons. The number of amides is 2. The first-order chi connectivity index (χ1) is 11.0. The molecule has 2 aromatic rings. The molecule has 0 spiro atoms. The molecule has 2 N–H and O–H groups in total. The summed E-state index contributed by atoms with van der Waals surface area (Å²) in [7, 11) is 0. The molecule has 0 saturated carbocycles. The van der Waals surface area contributed by atoms with E-state index in [9.17, 15) is 14.0 Å². The molecule has 1 aromatic carbocycles. The Kier molecular flexibility index (Phi) is 3.96. The number of benzene rings is 1. The number of fused-ring (bicyclic) bond motifs is 1. The predicted molar refractivity (Wildman–Crippen MR) is 79.2 cm³/mol. The molecule has 8 heteroatoms. The van der Waals surface area contributed by atoms with Crippen LogP contribution in [0.2, 0.25) is 5.02 Å². The van der Waals surface area contributed by atoms with Crippen molar-refractivity contribution in [3.8, 4) is 0 Å². The van der Waals surface area contributed by atoms with Crippen LogP contribution < -0.4 is 5.73 Å². The summed E-state index contributed by atoms with van der Waals surface area (Å²) in [5.41, 5.74) is 6.46. The number of nitrogens with zero attached hydrogens (tertiary/aromatic N) is 3. The molecule has 0 unspecified atom stereocenters. The molecule has 2 amide bonds. The van der Waals surface area contributed by atoms with Crippen molar-refractivity contribution in [3.63, 3.8) is 0 Å². The molecule has 1 radical (unpaired) electrons. The van der Waals surface area contributed by atoms with E-state index in [0.717, 1.165) is 11.6 Å². The number of hydrogen-bond donors (Lipinski definition) is 1. The van der Waals surface area contributed by atoms with Gasteiger partial charge in [0, 0.05) is 12.1 Å². The lowest BCUT2D eigenvalue weighted by Gasteiger charge is -2.28. The molecule has 6 nitrogen and oxygen atoms in total. The number of carbonyl (C=O) groups excluding carboxylic acids is 2. The lowest BCUT2D eigenvalue weighted by atomic mass is 10.1. The fourth-order valence-electron chi connectivity index (χ4n) is 2.36. The van der Waals surface area contributed by atoms with E-state index in [1.165, 1.54) is 17.0 Å². The summed E-state index contributed by atoms with van der Waals surface area (Å²) in [6, 6.07) is 3.62. The molecule has 1 aliphatic heterocycles. The van der Waals surface area contributed by atoms with E-state index in [1.54, 1.807) is 0 Å². The van der Waals surface area contributed by atoms with Crippen molar-refractivity contribution >= 4 is 23.4 Å². The van der Waals surface area contributed by atoms with Gasteiger partial charge in [-0.15, -0.1) is 0 Å². The van der Waals surface area contributed by atoms with Gasteiger partial charge in [-0.05, 0) is 24.6 Å². The fourth-order valence-corrected chi connectivity index (χ4v) is 2.56. The van der Waals surface area contributed by atoms with Crippen LogP contribution in [0, 0.1) is 12.0 Å². The van der Waals surface area contributed by atoms with Crippen LogP contribution in [-0.2, 0) is 13.0 Å². The molecular formula is C15H11ClFN4O2. The van der Waals surface area contributed by atoms with Crippen LogP contribution in [-0.4, -0.2) is 33.2 Å². The molecule has 0 fully saturated rings. The van der Waals surface area contributed by atoms with Gasteiger partial charge in [0.25, 0.3) is 11.8 Å². The van der Waals surface area contributed by atoms with E-state index in [4.69, 9.17) is 17.3 Å². The number of hydrogen-bond acceptors (Lipinski definition) is 4. The van der Waals surface area contributed by atoms with Crippen molar-refractivity contribution in [3.05, 3.63) is 57.9 Å². The summed E-state index contributed by atoms with van der Waals surface area (Å²) in [5, 5.41) is 0.175. The largest absolute Gasteiger partial charge is 0.363 e. The molecule has 0 saturated heterocycles. The van der Waals surface area contributed by atoms with Gasteiger partial charge >= 0.3 is 0 Å². The van der Waals surface area contributed by atoms with Crippen molar-refractivity contribution in [2.24, 2.45) is 5.73 Å². The first-order valence-electron chi connectivity index (χ1n) is 6.77. The quantitative estimate of drug-likeness (QED) is 0.898. The molecule has 3 rings (SSSR count). The summed E-state index contributed by atoms with van der Waals surface area (Å²) in [6.45, 7) is 0.550. The Morgan fingerprint density at radius 1 is 1.39 bits per heavy atom. The lowest BCUT2D eigenvalue weighted by molar-refractivity contribution is 0.0731. The van der Waals surface area contributed by atoms with Crippen LogP contribution in [0.5, 0.6) is 0 Å². The van der Waals surface area contributed by atoms with E-state index in [2.05, 4.69) is 16.2 Å². The second-order valence-electron chi connectivity index (χ2n) is 5.05. The van der Waals surface area contributed by atoms with Crippen molar-refractivity contribution < 1.29 is 14.0 Å². The first kappa shape index (κ1) is 15.4. The Morgan fingerprint density at radius 2 is 2.17 bits per heavy atom. The van der Waals surface area contributed by atoms with E-state index >= 15 is 0 Å². The average Bonchev–Trinajstić information content (AvgIpc) is 2.55. The molecule has 23 heavy (non-hydrogen) atoms. The Balaban J connectivity index is 1.89. The summed E-state index contributed by atoms with van der Waals surface area (Å²) >= 11 is 5.97. The zero-order chi connectivity index (χ0) is 16.6. The van der Waals surface area contributed by atoms with Crippen LogP contribution in [0.3, 0.4) is 0 Å². The summed E-state index contributed by atoms with van der Waals surface area (Å²) in [5.74, 6) is -1.86. The van der Waals surface area contributed by atoms with Crippen LogP contribution in [0.4, 0.5) is 4.39 Å². The van der Waals surface area contributed by atoms with Crippen LogP contribution >= 0.6 is 11.6 Å². The standard InChI is InChI=1S/C15H11ClFN4O2/c16-11-2-1-9(17)5-10(11)15(23)21-4-3-8-6-19-14(13(18)22)20-12(8)7-21/h1-2,5H,3-4,7H2,(H2,18,22). The van der Waals surface area contributed by atoms with Gasteiger partial charge in [-0.25, -0.2) is 14.4 Å². The number of nitrogens with two attached hydrogens (primary N) is 1. The van der Waals surface area contributed by atoms with Gasteiger partial charge in [-0.1, -0.05) is 11.6 Å². The maximum absolute atomic E-state index is 13.3. The lowest BCUT2D eigenvalue weighted by Crippen LogP contribution is -2.37. The number of halogens is 2. The molecule has 1 aliphatic rings. The van der Waals surface area contributed by atoms with Gasteiger partial charge in [-0.2, -0.15) is 0 Å². The highest BCUT2D eigenvalue weighted by Gasteiger charge is 2.25. The minimum absolute atomic E-state index is 0.0864. The Bertz CT molecular complexity index is 812. The van der Waals surface area contributed by atoms with Crippen molar-refractivity contribution in [1.29, 1.82) is 0 Å². The molecule has 2 heterocycles. The van der Waals surface area contributed by atoms with Crippen LogP contribution in [0.1, 0.15) is 32.2 Å². The highest BCUT2D eigenvalue weighted by atomic mass is 35.5. The Labute approximate surface area is 136 Å². The van der Waals surface area contributed by atoms with Crippen LogP contribution in [0.15, 0.2) is 18.2 Å². The topological polar surface area (TPSA) is 89.2 Å². The second-order valence-corrected chi connectivity index (χ2v) is 5.46. The zero-order valence-corrected chi connectivity index (χ0v) is 12.6. The van der Waals surface area contributed by atoms with Crippen molar-refractivity contribution in [2.75, 3.05) is 6.54 Å². The summed E-state index contributed by atoms with van der Waals surface area (Å²) in [6.07, 6.45) is 3.20. The Morgan fingerprint density at radius 3 is 2.91 bits per heavy atom. The second kappa shape index (κ2) is 5.92. The highest BCUT2D eigenvalue weighted by Crippen LogP contribution is 2.23. The maximum Gasteiger partial charge on any atom is 0.286 e. The SMILES string of the molecule is NC(=O)c1n[c]c2c(n1)CN(C(=O)c1cc(F)ccc1Cl)CC2. The third-order valence-corrected chi connectivity index (χ3v) is 3.85. The average molecular weight is 334 g/mol. The molecule has 1 aromatic heterocycles. The molecule has 0 atom stereocenters. The van der Waals surface area contributed by atoms with Crippen LogP contribution in [0.25, 0.3) is 0 Å². The van der Waals surface area contributed by atoms with Gasteiger partial charge in [0.15, 0.2) is 0 Å². The van der Waals surface area contributed by atoms with E-state index < -0.39 is 17.6 Å². The number of rotatable bonds is 2. The number of carbonyl (C=O) groups is 2. The van der Waals surface area contributed by atoms with Crippen molar-refractivity contribution in [2.45, 2.75) is 13.0 Å². The van der Waals surface area contributed by atoms with Gasteiger partial charge in [0.1, 0.15) is 5.82 Å². The summed E-state index contributed by atoms with van der Waals surface area (Å²) < 4.78 is 13.3. The van der Waals surface area contributed by atoms with Gasteiger partial charge in [0.2, 0.25) is 5.82 Å². The monoisotopic (exact) mass is 333 g/mol. The highest BCUT2D eigenvalue weighted by molar-refractivity contribution is 6.33. The third kappa shape index (κ3) is 3.00. The molecule has 0 aliphatic carbocycles.